The highest BCUT2D eigenvalue weighted by Crippen LogP contribution is 2.27. The average Bonchev–Trinajstić information content (AvgIpc) is 2.53. The van der Waals surface area contributed by atoms with Gasteiger partial charge in [-0.25, -0.2) is 0 Å². The normalized spacial score (nSPS) is 13.5. The van der Waals surface area contributed by atoms with Gasteiger partial charge in [0, 0.05) is 17.8 Å². The molecule has 0 amide bonds. The monoisotopic (exact) mass is 215 g/mol. The molecule has 0 radical (unpaired) electrons. The molecule has 0 fully saturated rings. The second-order valence-electron chi connectivity index (χ2n) is 3.42. The highest BCUT2D eigenvalue weighted by Gasteiger charge is 2.05. The zero-order valence-corrected chi connectivity index (χ0v) is 10.0. The van der Waals surface area contributed by atoms with Crippen molar-refractivity contribution in [3.05, 3.63) is 17.5 Å². The van der Waals surface area contributed by atoms with Gasteiger partial charge in [0.15, 0.2) is 0 Å². The van der Waals surface area contributed by atoms with E-state index in [0.29, 0.717) is 11.3 Å². The van der Waals surface area contributed by atoms with Gasteiger partial charge >= 0.3 is 0 Å². The zero-order chi connectivity index (χ0) is 9.68. The van der Waals surface area contributed by atoms with Crippen LogP contribution in [0.4, 0.5) is 0 Å². The molecule has 3 heteroatoms. The van der Waals surface area contributed by atoms with Gasteiger partial charge in [-0.1, -0.05) is 26.8 Å². The van der Waals surface area contributed by atoms with Crippen molar-refractivity contribution < 1.29 is 0 Å². The van der Waals surface area contributed by atoms with E-state index >= 15 is 0 Å². The molecule has 0 spiro atoms. The topological polar surface area (TPSA) is 12.0 Å². The maximum atomic E-state index is 3.44. The first-order valence-corrected chi connectivity index (χ1v) is 6.38. The van der Waals surface area contributed by atoms with Crippen molar-refractivity contribution in [2.45, 2.75) is 36.3 Å². The molecule has 1 N–H and O–H groups in total. The molecule has 1 nitrogen and oxygen atoms in total. The third-order valence-electron chi connectivity index (χ3n) is 1.63. The Labute approximate surface area is 88.9 Å². The summed E-state index contributed by atoms with van der Waals surface area (Å²) in [6.45, 7) is 7.71. The van der Waals surface area contributed by atoms with Crippen molar-refractivity contribution >= 4 is 23.1 Å². The van der Waals surface area contributed by atoms with Gasteiger partial charge in [-0.2, -0.15) is 0 Å². The van der Waals surface area contributed by atoms with Crippen LogP contribution in [0.3, 0.4) is 0 Å². The number of hydrogen-bond acceptors (Lipinski definition) is 3. The standard InChI is InChI=1S/C10H17NS2/c1-8(2)11-7-9(3)13-10-5-4-6-12-10/h4-6,8-9,11H,7H2,1-3H3. The summed E-state index contributed by atoms with van der Waals surface area (Å²) < 4.78 is 1.41. The Morgan fingerprint density at radius 1 is 1.46 bits per heavy atom. The fraction of sp³-hybridized carbons (Fsp3) is 0.600. The Morgan fingerprint density at radius 2 is 2.23 bits per heavy atom. The van der Waals surface area contributed by atoms with E-state index < -0.39 is 0 Å². The predicted molar refractivity (Wildman–Crippen MR) is 62.8 cm³/mol. The summed E-state index contributed by atoms with van der Waals surface area (Å²) in [6, 6.07) is 4.88. The van der Waals surface area contributed by atoms with Crippen LogP contribution in [-0.2, 0) is 0 Å². The van der Waals surface area contributed by atoms with Gasteiger partial charge in [0.25, 0.3) is 0 Å². The van der Waals surface area contributed by atoms with Crippen LogP contribution < -0.4 is 5.32 Å². The number of thiophene rings is 1. The molecule has 1 heterocycles. The van der Waals surface area contributed by atoms with Crippen molar-refractivity contribution in [2.75, 3.05) is 6.54 Å². The highest BCUT2D eigenvalue weighted by atomic mass is 32.2. The quantitative estimate of drug-likeness (QED) is 0.757. The van der Waals surface area contributed by atoms with Crippen molar-refractivity contribution in [2.24, 2.45) is 0 Å². The van der Waals surface area contributed by atoms with Crippen LogP contribution in [0.1, 0.15) is 20.8 Å². The largest absolute Gasteiger partial charge is 0.313 e. The van der Waals surface area contributed by atoms with Crippen LogP contribution in [-0.4, -0.2) is 17.8 Å². The minimum Gasteiger partial charge on any atom is -0.313 e. The lowest BCUT2D eigenvalue weighted by atomic mass is 10.3. The van der Waals surface area contributed by atoms with Gasteiger partial charge in [-0.3, -0.25) is 0 Å². The molecule has 1 aromatic heterocycles. The van der Waals surface area contributed by atoms with E-state index in [1.54, 1.807) is 0 Å². The maximum absolute atomic E-state index is 3.44. The molecular formula is C10H17NS2. The summed E-state index contributed by atoms with van der Waals surface area (Å²) >= 11 is 3.77. The summed E-state index contributed by atoms with van der Waals surface area (Å²) in [5, 5.41) is 6.23. The van der Waals surface area contributed by atoms with E-state index in [1.165, 1.54) is 4.21 Å². The Kier molecular flexibility index (Phi) is 4.84. The maximum Gasteiger partial charge on any atom is 0.0601 e. The van der Waals surface area contributed by atoms with Gasteiger partial charge in [-0.05, 0) is 11.4 Å². The van der Waals surface area contributed by atoms with Crippen LogP contribution in [0, 0.1) is 0 Å². The predicted octanol–water partition coefficient (Wildman–Crippen LogP) is 3.23. The Balaban J connectivity index is 2.22. The van der Waals surface area contributed by atoms with Crippen LogP contribution in [0.2, 0.25) is 0 Å². The summed E-state index contributed by atoms with van der Waals surface area (Å²) in [4.78, 5) is 0. The number of rotatable bonds is 5. The van der Waals surface area contributed by atoms with E-state index in [0.717, 1.165) is 6.54 Å². The smallest absolute Gasteiger partial charge is 0.0601 e. The van der Waals surface area contributed by atoms with Gasteiger partial charge in [-0.15, -0.1) is 23.1 Å². The van der Waals surface area contributed by atoms with Crippen molar-refractivity contribution in [3.63, 3.8) is 0 Å². The molecule has 0 saturated carbocycles. The molecule has 0 aliphatic carbocycles. The molecule has 0 bridgehead atoms. The van der Waals surface area contributed by atoms with E-state index in [-0.39, 0.29) is 0 Å². The van der Waals surface area contributed by atoms with Gasteiger partial charge in [0.05, 0.1) is 4.21 Å². The third kappa shape index (κ3) is 4.69. The highest BCUT2D eigenvalue weighted by molar-refractivity contribution is 8.01. The lowest BCUT2D eigenvalue weighted by Crippen LogP contribution is -2.28. The number of nitrogens with one attached hydrogen (secondary N) is 1. The third-order valence-corrected chi connectivity index (χ3v) is 3.80. The van der Waals surface area contributed by atoms with Crippen LogP contribution in [0.15, 0.2) is 21.7 Å². The fourth-order valence-electron chi connectivity index (χ4n) is 0.972. The van der Waals surface area contributed by atoms with E-state index in [2.05, 4.69) is 43.6 Å². The SMILES string of the molecule is CC(C)NCC(C)Sc1cccs1. The average molecular weight is 215 g/mol. The van der Waals surface area contributed by atoms with Gasteiger partial charge < -0.3 is 5.32 Å². The first kappa shape index (κ1) is 11.1. The molecule has 0 saturated heterocycles. The Hall–Kier alpha value is 0.01000. The zero-order valence-electron chi connectivity index (χ0n) is 8.41. The van der Waals surface area contributed by atoms with Crippen molar-refractivity contribution in [1.29, 1.82) is 0 Å². The molecule has 0 aromatic carbocycles. The fourth-order valence-corrected chi connectivity index (χ4v) is 3.04. The number of thioether (sulfide) groups is 1. The van der Waals surface area contributed by atoms with E-state index in [9.17, 15) is 0 Å². The summed E-state index contributed by atoms with van der Waals surface area (Å²) in [7, 11) is 0. The van der Waals surface area contributed by atoms with E-state index in [4.69, 9.17) is 0 Å². The molecule has 0 aliphatic rings. The molecule has 1 aromatic rings. The minimum absolute atomic E-state index is 0.589. The minimum atomic E-state index is 0.589. The van der Waals surface area contributed by atoms with Crippen molar-refractivity contribution in [3.8, 4) is 0 Å². The molecule has 0 aliphatic heterocycles. The molecule has 1 rings (SSSR count). The van der Waals surface area contributed by atoms with Gasteiger partial charge in [0.2, 0.25) is 0 Å². The second-order valence-corrected chi connectivity index (χ2v) is 6.11. The molecular weight excluding hydrogens is 198 g/mol. The molecule has 1 unspecified atom stereocenters. The van der Waals surface area contributed by atoms with Gasteiger partial charge in [0.1, 0.15) is 0 Å². The van der Waals surface area contributed by atoms with Crippen molar-refractivity contribution in [1.82, 2.24) is 5.32 Å². The first-order chi connectivity index (χ1) is 6.18. The summed E-state index contributed by atoms with van der Waals surface area (Å²) in [5.74, 6) is 0. The number of hydrogen-bond donors (Lipinski definition) is 1. The molecule has 13 heavy (non-hydrogen) atoms. The summed E-state index contributed by atoms with van der Waals surface area (Å²) in [6.07, 6.45) is 0. The van der Waals surface area contributed by atoms with Crippen LogP contribution >= 0.6 is 23.1 Å². The second kappa shape index (κ2) is 5.68. The van der Waals surface area contributed by atoms with Crippen LogP contribution in [0.5, 0.6) is 0 Å². The summed E-state index contributed by atoms with van der Waals surface area (Å²) in [5.41, 5.74) is 0. The lowest BCUT2D eigenvalue weighted by Gasteiger charge is -2.13. The lowest BCUT2D eigenvalue weighted by molar-refractivity contribution is 0.589. The first-order valence-electron chi connectivity index (χ1n) is 4.62. The Morgan fingerprint density at radius 3 is 2.77 bits per heavy atom. The molecule has 1 atom stereocenters. The molecule has 74 valence electrons. The van der Waals surface area contributed by atoms with E-state index in [1.807, 2.05) is 23.1 Å². The Bertz CT molecular complexity index is 219. The van der Waals surface area contributed by atoms with Crippen LogP contribution in [0.25, 0.3) is 0 Å².